The number of nitrogens with zero attached hydrogens (tertiary/aromatic N) is 1. The molecule has 1 aliphatic carbocycles. The second-order valence-electron chi connectivity index (χ2n) is 8.84. The summed E-state index contributed by atoms with van der Waals surface area (Å²) in [6.07, 6.45) is 3.46. The molecule has 0 radical (unpaired) electrons. The lowest BCUT2D eigenvalue weighted by molar-refractivity contribution is -0.126. The largest absolute Gasteiger partial charge is 0.349 e. The topological polar surface area (TPSA) is 88.2 Å². The Balaban J connectivity index is 1.30. The zero-order valence-corrected chi connectivity index (χ0v) is 20.1. The van der Waals surface area contributed by atoms with Gasteiger partial charge in [-0.05, 0) is 74.6 Å². The summed E-state index contributed by atoms with van der Waals surface area (Å²) in [5, 5.41) is 2.96. The Morgan fingerprint density at radius 1 is 0.971 bits per heavy atom. The first-order valence-corrected chi connectivity index (χ1v) is 13.0. The van der Waals surface area contributed by atoms with E-state index in [1.807, 2.05) is 6.92 Å². The van der Waals surface area contributed by atoms with Crippen molar-refractivity contribution in [3.63, 3.8) is 0 Å². The summed E-state index contributed by atoms with van der Waals surface area (Å²) in [5.41, 5.74) is 1.86. The van der Waals surface area contributed by atoms with E-state index < -0.39 is 15.8 Å². The highest BCUT2D eigenvalue weighted by Crippen LogP contribution is 2.27. The maximum absolute atomic E-state index is 13.4. The molecule has 1 fully saturated rings. The number of amides is 1. The van der Waals surface area contributed by atoms with E-state index in [2.05, 4.69) is 15.0 Å². The monoisotopic (exact) mass is 499 g/mol. The molecule has 2 aromatic carbocycles. The summed E-state index contributed by atoms with van der Waals surface area (Å²) >= 11 is 0. The first-order valence-electron chi connectivity index (χ1n) is 11.5. The molecule has 184 valence electrons. The molecule has 1 heterocycles. The maximum Gasteiger partial charge on any atom is 0.242 e. The summed E-state index contributed by atoms with van der Waals surface area (Å²) in [6.45, 7) is 1.85. The van der Waals surface area contributed by atoms with Gasteiger partial charge in [-0.15, -0.1) is 0 Å². The van der Waals surface area contributed by atoms with E-state index in [9.17, 15) is 22.0 Å². The average Bonchev–Trinajstić information content (AvgIpc) is 2.84. The van der Waals surface area contributed by atoms with Gasteiger partial charge in [0.25, 0.3) is 0 Å². The van der Waals surface area contributed by atoms with Crippen LogP contribution in [0.3, 0.4) is 0 Å². The molecule has 0 bridgehead atoms. The fourth-order valence-corrected chi connectivity index (χ4v) is 5.53. The van der Waals surface area contributed by atoms with Gasteiger partial charge in [0, 0.05) is 23.7 Å². The van der Waals surface area contributed by atoms with Crippen molar-refractivity contribution in [2.75, 3.05) is 0 Å². The van der Waals surface area contributed by atoms with Crippen molar-refractivity contribution in [2.45, 2.75) is 49.6 Å². The van der Waals surface area contributed by atoms with Crippen LogP contribution in [0.2, 0.25) is 0 Å². The smallest absolute Gasteiger partial charge is 0.242 e. The predicted octanol–water partition coefficient (Wildman–Crippen LogP) is 4.74. The first-order chi connectivity index (χ1) is 16.7. The predicted molar refractivity (Wildman–Crippen MR) is 129 cm³/mol. The van der Waals surface area contributed by atoms with Crippen LogP contribution in [-0.2, 0) is 14.8 Å². The minimum absolute atomic E-state index is 0.0330. The molecule has 0 spiro atoms. The normalized spacial score (nSPS) is 19.2. The van der Waals surface area contributed by atoms with Gasteiger partial charge in [-0.1, -0.05) is 24.3 Å². The molecule has 9 heteroatoms. The highest BCUT2D eigenvalue weighted by Gasteiger charge is 2.30. The number of rotatable bonds is 7. The standard InChI is InChI=1S/C26H27F2N3O3S/c1-17(18-5-9-21(27)10-6-18)30-26(32)19-7-11-23(12-8-19)31-35(33,34)24-13-14-25(29-16-24)20-3-2-4-22(28)15-20/h2-6,9-10,13-17,19,23,31H,7-8,11-12H2,1H3,(H,30,32). The molecule has 1 unspecified atom stereocenters. The third kappa shape index (κ3) is 6.29. The Labute approximate surface area is 203 Å². The Morgan fingerprint density at radius 2 is 1.69 bits per heavy atom. The number of aromatic nitrogens is 1. The quantitative estimate of drug-likeness (QED) is 0.492. The van der Waals surface area contributed by atoms with Gasteiger partial charge in [0.1, 0.15) is 16.5 Å². The van der Waals surface area contributed by atoms with Crippen LogP contribution in [0.1, 0.15) is 44.2 Å². The summed E-state index contributed by atoms with van der Waals surface area (Å²) in [7, 11) is -3.78. The van der Waals surface area contributed by atoms with Crippen LogP contribution >= 0.6 is 0 Å². The minimum atomic E-state index is -3.78. The molecule has 2 N–H and O–H groups in total. The van der Waals surface area contributed by atoms with Crippen LogP contribution in [0, 0.1) is 17.6 Å². The molecule has 1 amide bonds. The van der Waals surface area contributed by atoms with Gasteiger partial charge in [0.2, 0.25) is 15.9 Å². The number of benzene rings is 2. The Kier molecular flexibility index (Phi) is 7.57. The van der Waals surface area contributed by atoms with E-state index in [1.165, 1.54) is 36.5 Å². The molecule has 3 aromatic rings. The molecule has 1 atom stereocenters. The molecular formula is C26H27F2N3O3S. The molecule has 0 aliphatic heterocycles. The van der Waals surface area contributed by atoms with Crippen molar-refractivity contribution in [1.82, 2.24) is 15.0 Å². The Hall–Kier alpha value is -3.17. The highest BCUT2D eigenvalue weighted by molar-refractivity contribution is 7.89. The summed E-state index contributed by atoms with van der Waals surface area (Å²) < 4.78 is 54.9. The van der Waals surface area contributed by atoms with E-state index in [4.69, 9.17) is 0 Å². The van der Waals surface area contributed by atoms with Gasteiger partial charge >= 0.3 is 0 Å². The lowest BCUT2D eigenvalue weighted by Gasteiger charge is -2.29. The van der Waals surface area contributed by atoms with E-state index >= 15 is 0 Å². The van der Waals surface area contributed by atoms with E-state index in [-0.39, 0.29) is 34.6 Å². The zero-order valence-electron chi connectivity index (χ0n) is 19.2. The lowest BCUT2D eigenvalue weighted by atomic mass is 9.85. The average molecular weight is 500 g/mol. The first kappa shape index (κ1) is 24.9. The summed E-state index contributed by atoms with van der Waals surface area (Å²) in [4.78, 5) is 16.9. The molecule has 35 heavy (non-hydrogen) atoms. The van der Waals surface area contributed by atoms with Crippen molar-refractivity contribution < 1.29 is 22.0 Å². The maximum atomic E-state index is 13.4. The number of carbonyl (C=O) groups excluding carboxylic acids is 1. The summed E-state index contributed by atoms with van der Waals surface area (Å²) in [6, 6.07) is 14.4. The van der Waals surface area contributed by atoms with Gasteiger partial charge in [-0.2, -0.15) is 0 Å². The van der Waals surface area contributed by atoms with Crippen molar-refractivity contribution in [1.29, 1.82) is 0 Å². The zero-order chi connectivity index (χ0) is 25.0. The molecule has 4 rings (SSSR count). The van der Waals surface area contributed by atoms with Gasteiger partial charge in [-0.3, -0.25) is 9.78 Å². The fraction of sp³-hybridized carbons (Fsp3) is 0.308. The minimum Gasteiger partial charge on any atom is -0.349 e. The number of hydrogen-bond acceptors (Lipinski definition) is 4. The Bertz CT molecular complexity index is 1270. The van der Waals surface area contributed by atoms with Crippen LogP contribution in [0.4, 0.5) is 8.78 Å². The number of sulfonamides is 1. The van der Waals surface area contributed by atoms with E-state index in [0.717, 1.165) is 5.56 Å². The van der Waals surface area contributed by atoms with Gasteiger partial charge < -0.3 is 5.32 Å². The third-order valence-corrected chi connectivity index (χ3v) is 7.82. The number of halogens is 2. The molecule has 1 saturated carbocycles. The molecule has 1 aromatic heterocycles. The number of nitrogens with one attached hydrogen (secondary N) is 2. The van der Waals surface area contributed by atoms with Crippen molar-refractivity contribution in [3.05, 3.63) is 84.1 Å². The molecule has 6 nitrogen and oxygen atoms in total. The van der Waals surface area contributed by atoms with Gasteiger partial charge in [-0.25, -0.2) is 21.9 Å². The fourth-order valence-electron chi connectivity index (χ4n) is 4.28. The van der Waals surface area contributed by atoms with Crippen molar-refractivity contribution in [2.24, 2.45) is 5.92 Å². The van der Waals surface area contributed by atoms with Crippen LogP contribution < -0.4 is 10.0 Å². The molecular weight excluding hydrogens is 472 g/mol. The van der Waals surface area contributed by atoms with E-state index in [1.54, 1.807) is 30.3 Å². The highest BCUT2D eigenvalue weighted by atomic mass is 32.2. The van der Waals surface area contributed by atoms with Crippen LogP contribution in [0.5, 0.6) is 0 Å². The Morgan fingerprint density at radius 3 is 2.31 bits per heavy atom. The van der Waals surface area contributed by atoms with E-state index in [0.29, 0.717) is 36.9 Å². The van der Waals surface area contributed by atoms with Crippen molar-refractivity contribution >= 4 is 15.9 Å². The third-order valence-electron chi connectivity index (χ3n) is 6.32. The molecule has 1 aliphatic rings. The van der Waals surface area contributed by atoms with Gasteiger partial charge in [0.05, 0.1) is 11.7 Å². The van der Waals surface area contributed by atoms with Crippen molar-refractivity contribution in [3.8, 4) is 11.3 Å². The van der Waals surface area contributed by atoms with Gasteiger partial charge in [0.15, 0.2) is 0 Å². The second kappa shape index (κ2) is 10.6. The summed E-state index contributed by atoms with van der Waals surface area (Å²) in [5.74, 6) is -1.01. The van der Waals surface area contributed by atoms with Crippen LogP contribution in [-0.4, -0.2) is 25.4 Å². The van der Waals surface area contributed by atoms with Crippen LogP contribution in [0.15, 0.2) is 71.8 Å². The second-order valence-corrected chi connectivity index (χ2v) is 10.6. The van der Waals surface area contributed by atoms with Crippen LogP contribution in [0.25, 0.3) is 11.3 Å². The molecule has 0 saturated heterocycles. The SMILES string of the molecule is CC(NC(=O)C1CCC(NS(=O)(=O)c2ccc(-c3cccc(F)c3)nc2)CC1)c1ccc(F)cc1. The lowest BCUT2D eigenvalue weighted by Crippen LogP contribution is -2.41. The number of pyridine rings is 1. The number of hydrogen-bond donors (Lipinski definition) is 2. The number of carbonyl (C=O) groups is 1.